The van der Waals surface area contributed by atoms with Crippen LogP contribution in [0.4, 0.5) is 0 Å². The van der Waals surface area contributed by atoms with Crippen molar-refractivity contribution in [3.8, 4) is 11.8 Å². The minimum atomic E-state index is -0.989. The molecule has 0 aliphatic carbocycles. The third-order valence-electron chi connectivity index (χ3n) is 2.35. The Hall–Kier alpha value is -2.87. The van der Waals surface area contributed by atoms with Crippen molar-refractivity contribution in [2.45, 2.75) is 0 Å². The maximum atomic E-state index is 11.5. The van der Waals surface area contributed by atoms with E-state index in [0.29, 0.717) is 5.75 Å². The first kappa shape index (κ1) is 11.6. The first-order valence-corrected chi connectivity index (χ1v) is 5.08. The number of nitrogens with zero attached hydrogens (tertiary/aromatic N) is 2. The molecule has 0 fully saturated rings. The predicted molar refractivity (Wildman–Crippen MR) is 64.4 cm³/mol. The molecule has 88 valence electrons. The summed E-state index contributed by atoms with van der Waals surface area (Å²) in [5, 5.41) is 21.2. The topological polar surface area (TPSA) is 82.7 Å². The van der Waals surface area contributed by atoms with Gasteiger partial charge < -0.3 is 9.94 Å². The molecule has 0 saturated heterocycles. The molecule has 2 aromatic carbocycles. The lowest BCUT2D eigenvalue weighted by Gasteiger charge is -2.05. The van der Waals surface area contributed by atoms with E-state index in [-0.39, 0.29) is 0 Å². The summed E-state index contributed by atoms with van der Waals surface area (Å²) < 4.78 is 5.02. The largest absolute Gasteiger partial charge is 0.421 e. The highest BCUT2D eigenvalue weighted by molar-refractivity contribution is 6.43. The molecule has 0 atom stereocenters. The van der Waals surface area contributed by atoms with Crippen LogP contribution in [0.3, 0.4) is 0 Å². The summed E-state index contributed by atoms with van der Waals surface area (Å²) in [5.41, 5.74) is -0.692. The molecule has 0 bridgehead atoms. The molecule has 0 aromatic heterocycles. The molecular formula is C13H8N2O3. The van der Waals surface area contributed by atoms with Gasteiger partial charge in [0.15, 0.2) is 0 Å². The molecule has 2 rings (SSSR count). The van der Waals surface area contributed by atoms with Crippen molar-refractivity contribution in [2.24, 2.45) is 5.16 Å². The van der Waals surface area contributed by atoms with Crippen LogP contribution in [0.5, 0.6) is 5.75 Å². The molecule has 0 saturated carbocycles. The Balaban J connectivity index is 2.39. The van der Waals surface area contributed by atoms with Gasteiger partial charge in [-0.2, -0.15) is 5.26 Å². The van der Waals surface area contributed by atoms with Gasteiger partial charge in [0.05, 0.1) is 0 Å². The van der Waals surface area contributed by atoms with E-state index in [9.17, 15) is 4.79 Å². The number of esters is 1. The number of nitriles is 1. The summed E-state index contributed by atoms with van der Waals surface area (Å²) in [5.74, 6) is -0.675. The molecule has 5 nitrogen and oxygen atoms in total. The second-order valence-electron chi connectivity index (χ2n) is 3.43. The molecule has 2 aromatic rings. The minimum Gasteiger partial charge on any atom is -0.421 e. The second kappa shape index (κ2) is 4.97. The van der Waals surface area contributed by atoms with E-state index in [1.54, 1.807) is 18.2 Å². The number of hydrogen-bond donors (Lipinski definition) is 1. The minimum absolute atomic E-state index is 0.314. The Bertz CT molecular complexity index is 666. The lowest BCUT2D eigenvalue weighted by molar-refractivity contribution is -0.126. The van der Waals surface area contributed by atoms with E-state index in [1.807, 2.05) is 24.3 Å². The predicted octanol–water partition coefficient (Wildman–Crippen LogP) is 2.10. The van der Waals surface area contributed by atoms with Crippen LogP contribution in [0, 0.1) is 11.3 Å². The van der Waals surface area contributed by atoms with Crippen LogP contribution in [0.2, 0.25) is 0 Å². The van der Waals surface area contributed by atoms with Crippen molar-refractivity contribution in [3.05, 3.63) is 42.5 Å². The molecule has 0 amide bonds. The quantitative estimate of drug-likeness (QED) is 0.286. The molecule has 18 heavy (non-hydrogen) atoms. The average molecular weight is 240 g/mol. The molecule has 0 unspecified atom stereocenters. The van der Waals surface area contributed by atoms with Gasteiger partial charge in [0, 0.05) is 5.39 Å². The highest BCUT2D eigenvalue weighted by Crippen LogP contribution is 2.25. The van der Waals surface area contributed by atoms with Crippen LogP contribution in [0.25, 0.3) is 10.8 Å². The van der Waals surface area contributed by atoms with Gasteiger partial charge in [0.1, 0.15) is 11.8 Å². The fourth-order valence-corrected chi connectivity index (χ4v) is 1.54. The summed E-state index contributed by atoms with van der Waals surface area (Å²) in [6, 6.07) is 14.0. The number of rotatable bonds is 2. The van der Waals surface area contributed by atoms with Crippen molar-refractivity contribution in [2.75, 3.05) is 0 Å². The zero-order valence-electron chi connectivity index (χ0n) is 9.20. The molecule has 0 radical (unpaired) electrons. The first-order valence-electron chi connectivity index (χ1n) is 5.08. The van der Waals surface area contributed by atoms with Gasteiger partial charge in [-0.1, -0.05) is 41.6 Å². The molecule has 5 heteroatoms. The summed E-state index contributed by atoms with van der Waals surface area (Å²) in [4.78, 5) is 11.5. The normalized spacial score (nSPS) is 10.9. The Labute approximate surface area is 103 Å². The number of benzene rings is 2. The Kier molecular flexibility index (Phi) is 3.21. The number of hydrogen-bond acceptors (Lipinski definition) is 5. The third kappa shape index (κ3) is 2.13. The van der Waals surface area contributed by atoms with Crippen LogP contribution in [0.1, 0.15) is 0 Å². The first-order chi connectivity index (χ1) is 8.76. The lowest BCUT2D eigenvalue weighted by Crippen LogP contribution is -2.19. The summed E-state index contributed by atoms with van der Waals surface area (Å²) in [6.45, 7) is 0. The van der Waals surface area contributed by atoms with Gasteiger partial charge in [-0.25, -0.2) is 4.79 Å². The van der Waals surface area contributed by atoms with E-state index >= 15 is 0 Å². The molecule has 1 N–H and O–H groups in total. The van der Waals surface area contributed by atoms with Crippen LogP contribution < -0.4 is 4.74 Å². The van der Waals surface area contributed by atoms with Crippen LogP contribution in [-0.4, -0.2) is 16.9 Å². The molecule has 0 spiro atoms. The van der Waals surface area contributed by atoms with Gasteiger partial charge in [0.25, 0.3) is 5.71 Å². The maximum Gasteiger partial charge on any atom is 0.376 e. The van der Waals surface area contributed by atoms with E-state index < -0.39 is 11.7 Å². The molecule has 0 aliphatic rings. The van der Waals surface area contributed by atoms with Gasteiger partial charge in [-0.15, -0.1) is 0 Å². The smallest absolute Gasteiger partial charge is 0.376 e. The van der Waals surface area contributed by atoms with Gasteiger partial charge in [-0.3, -0.25) is 0 Å². The van der Waals surface area contributed by atoms with E-state index in [4.69, 9.17) is 15.2 Å². The number of carbonyl (C=O) groups is 1. The zero-order chi connectivity index (χ0) is 13.0. The summed E-state index contributed by atoms with van der Waals surface area (Å²) in [6.07, 6.45) is 0. The van der Waals surface area contributed by atoms with Crippen molar-refractivity contribution in [3.63, 3.8) is 0 Å². The number of carbonyl (C=O) groups excluding carboxylic acids is 1. The van der Waals surface area contributed by atoms with Gasteiger partial charge in [-0.05, 0) is 11.5 Å². The maximum absolute atomic E-state index is 11.5. The molecular weight excluding hydrogens is 232 g/mol. The van der Waals surface area contributed by atoms with Crippen LogP contribution in [0.15, 0.2) is 47.6 Å². The van der Waals surface area contributed by atoms with E-state index in [2.05, 4.69) is 5.16 Å². The van der Waals surface area contributed by atoms with Crippen molar-refractivity contribution >= 4 is 22.5 Å². The Morgan fingerprint density at radius 2 is 1.94 bits per heavy atom. The monoisotopic (exact) mass is 240 g/mol. The van der Waals surface area contributed by atoms with E-state index in [1.165, 1.54) is 6.07 Å². The van der Waals surface area contributed by atoms with Crippen molar-refractivity contribution < 1.29 is 14.7 Å². The molecule has 0 aliphatic heterocycles. The van der Waals surface area contributed by atoms with Crippen LogP contribution in [-0.2, 0) is 4.79 Å². The van der Waals surface area contributed by atoms with Gasteiger partial charge in [0.2, 0.25) is 0 Å². The van der Waals surface area contributed by atoms with Crippen molar-refractivity contribution in [1.29, 1.82) is 5.26 Å². The number of ether oxygens (including phenoxy) is 1. The van der Waals surface area contributed by atoms with Gasteiger partial charge >= 0.3 is 5.97 Å². The van der Waals surface area contributed by atoms with Crippen LogP contribution >= 0.6 is 0 Å². The second-order valence-corrected chi connectivity index (χ2v) is 3.43. The zero-order valence-corrected chi connectivity index (χ0v) is 9.20. The summed E-state index contributed by atoms with van der Waals surface area (Å²) >= 11 is 0. The molecule has 0 heterocycles. The highest BCUT2D eigenvalue weighted by atomic mass is 16.5. The lowest BCUT2D eigenvalue weighted by atomic mass is 10.1. The Morgan fingerprint density at radius 3 is 2.67 bits per heavy atom. The fourth-order valence-electron chi connectivity index (χ4n) is 1.54. The number of fused-ring (bicyclic) bond motifs is 1. The van der Waals surface area contributed by atoms with E-state index in [0.717, 1.165) is 10.8 Å². The number of oxime groups is 1. The highest BCUT2D eigenvalue weighted by Gasteiger charge is 2.15. The fraction of sp³-hybridized carbons (Fsp3) is 0. The SMILES string of the molecule is N#CC(=NO)C(=O)Oc1cccc2ccccc12. The Morgan fingerprint density at radius 1 is 1.22 bits per heavy atom. The summed E-state index contributed by atoms with van der Waals surface area (Å²) in [7, 11) is 0. The third-order valence-corrected chi connectivity index (χ3v) is 2.35. The van der Waals surface area contributed by atoms with Crippen molar-refractivity contribution in [1.82, 2.24) is 0 Å². The average Bonchev–Trinajstić information content (AvgIpc) is 2.40. The standard InChI is InChI=1S/C13H8N2O3/c14-8-11(15-17)13(16)18-12-7-3-5-9-4-1-2-6-10(9)12/h1-7,17H.